The van der Waals surface area contributed by atoms with E-state index in [1.807, 2.05) is 19.9 Å². The van der Waals surface area contributed by atoms with Gasteiger partial charge in [0, 0.05) is 30.3 Å². The molecule has 2 N–H and O–H groups in total. The summed E-state index contributed by atoms with van der Waals surface area (Å²) in [4.78, 5) is 32.2. The van der Waals surface area contributed by atoms with E-state index in [0.29, 0.717) is 47.1 Å². The summed E-state index contributed by atoms with van der Waals surface area (Å²) in [6.07, 6.45) is 2.71. The predicted octanol–water partition coefficient (Wildman–Crippen LogP) is 2.56. The van der Waals surface area contributed by atoms with E-state index in [9.17, 15) is 4.79 Å². The maximum atomic E-state index is 12.4. The molecule has 3 aromatic rings. The number of carbonyl (C=O) groups is 1. The number of nitrogens with zero attached hydrogens (tertiary/aromatic N) is 7. The summed E-state index contributed by atoms with van der Waals surface area (Å²) in [5, 5.41) is 21.0. The average molecular weight is 468 g/mol. The average Bonchev–Trinajstić information content (AvgIpc) is 3.47. The number of hydrogen-bond donors (Lipinski definition) is 2. The zero-order valence-corrected chi connectivity index (χ0v) is 19.4. The number of aromatic nitrogens is 5. The number of carbonyl (C=O) groups excluding carboxylic acids is 1. The number of thiazole rings is 1. The lowest BCUT2D eigenvalue weighted by Gasteiger charge is -2.30. The molecule has 4 rings (SSSR count). The molecule has 3 aromatic heterocycles. The highest BCUT2D eigenvalue weighted by atomic mass is 32.1. The third-order valence-corrected chi connectivity index (χ3v) is 6.03. The van der Waals surface area contributed by atoms with Crippen molar-refractivity contribution in [2.24, 2.45) is 0 Å². The van der Waals surface area contributed by atoms with Crippen LogP contribution in [0.15, 0.2) is 16.0 Å². The van der Waals surface area contributed by atoms with Crippen LogP contribution in [0.1, 0.15) is 59.4 Å². The molecular formula is C21H25N9O2S. The van der Waals surface area contributed by atoms with Gasteiger partial charge >= 0.3 is 0 Å². The Balaban J connectivity index is 1.39. The molecule has 0 aliphatic carbocycles. The molecule has 11 nitrogen and oxygen atoms in total. The van der Waals surface area contributed by atoms with E-state index in [0.717, 1.165) is 31.6 Å². The van der Waals surface area contributed by atoms with E-state index < -0.39 is 0 Å². The number of likely N-dealkylation sites (tertiary alicyclic amines) is 1. The summed E-state index contributed by atoms with van der Waals surface area (Å²) in [6, 6.07) is 4.15. The molecule has 1 amide bonds. The lowest BCUT2D eigenvalue weighted by atomic mass is 9.94. The van der Waals surface area contributed by atoms with Gasteiger partial charge in [-0.3, -0.25) is 9.69 Å². The molecule has 0 radical (unpaired) electrons. The molecule has 1 atom stereocenters. The molecule has 1 aliphatic rings. The van der Waals surface area contributed by atoms with E-state index in [-0.39, 0.29) is 18.4 Å². The lowest BCUT2D eigenvalue weighted by Crippen LogP contribution is -2.35. The van der Waals surface area contributed by atoms with E-state index >= 15 is 0 Å². The smallest absolute Gasteiger partial charge is 0.271 e. The van der Waals surface area contributed by atoms with Gasteiger partial charge in [0.05, 0.1) is 24.9 Å². The fourth-order valence-corrected chi connectivity index (χ4v) is 4.40. The van der Waals surface area contributed by atoms with Gasteiger partial charge in [0.25, 0.3) is 5.91 Å². The van der Waals surface area contributed by atoms with E-state index in [4.69, 9.17) is 9.78 Å². The molecule has 1 saturated heterocycles. The van der Waals surface area contributed by atoms with Crippen LogP contribution in [0.25, 0.3) is 0 Å². The van der Waals surface area contributed by atoms with Gasteiger partial charge in [0.15, 0.2) is 11.0 Å². The van der Waals surface area contributed by atoms with Crippen LogP contribution in [-0.4, -0.2) is 55.5 Å². The number of amides is 1. The molecule has 1 aliphatic heterocycles. The second kappa shape index (κ2) is 10.5. The van der Waals surface area contributed by atoms with Crippen molar-refractivity contribution in [2.75, 3.05) is 25.0 Å². The van der Waals surface area contributed by atoms with Gasteiger partial charge < -0.3 is 15.2 Å². The monoisotopic (exact) mass is 467 g/mol. The fraction of sp³-hybridized carbons (Fsp3) is 0.476. The number of anilines is 2. The first-order valence-corrected chi connectivity index (χ1v) is 11.7. The zero-order chi connectivity index (χ0) is 23.2. The van der Waals surface area contributed by atoms with Gasteiger partial charge in [-0.1, -0.05) is 12.1 Å². The molecule has 0 bridgehead atoms. The third-order valence-electron chi connectivity index (χ3n) is 5.27. The lowest BCUT2D eigenvalue weighted by molar-refractivity contribution is 0.0945. The van der Waals surface area contributed by atoms with Gasteiger partial charge in [0.2, 0.25) is 5.89 Å². The van der Waals surface area contributed by atoms with Crippen molar-refractivity contribution in [1.82, 2.24) is 35.3 Å². The maximum absolute atomic E-state index is 12.4. The summed E-state index contributed by atoms with van der Waals surface area (Å²) < 4.78 is 5.04. The van der Waals surface area contributed by atoms with Crippen molar-refractivity contribution < 1.29 is 9.32 Å². The second-order valence-electron chi connectivity index (χ2n) is 7.76. The topological polar surface area (TPSA) is 146 Å². The van der Waals surface area contributed by atoms with Gasteiger partial charge in [-0.2, -0.15) is 10.2 Å². The molecule has 0 aromatic carbocycles. The Morgan fingerprint density at radius 2 is 2.24 bits per heavy atom. The molecule has 172 valence electrons. The summed E-state index contributed by atoms with van der Waals surface area (Å²) in [7, 11) is 0. The normalized spacial score (nSPS) is 16.3. The second-order valence-corrected chi connectivity index (χ2v) is 8.62. The molecule has 4 heterocycles. The minimum absolute atomic E-state index is 0.168. The molecule has 1 unspecified atom stereocenters. The van der Waals surface area contributed by atoms with E-state index in [1.165, 1.54) is 11.3 Å². The van der Waals surface area contributed by atoms with E-state index in [2.05, 4.69) is 46.7 Å². The molecule has 33 heavy (non-hydrogen) atoms. The first kappa shape index (κ1) is 22.8. The highest BCUT2D eigenvalue weighted by molar-refractivity contribution is 7.14. The van der Waals surface area contributed by atoms with Gasteiger partial charge in [-0.25, -0.2) is 15.0 Å². The van der Waals surface area contributed by atoms with Crippen LogP contribution in [0.2, 0.25) is 0 Å². The Morgan fingerprint density at radius 1 is 1.36 bits per heavy atom. The maximum Gasteiger partial charge on any atom is 0.271 e. The Kier molecular flexibility index (Phi) is 7.21. The van der Waals surface area contributed by atoms with Gasteiger partial charge in [-0.05, 0) is 26.3 Å². The first-order valence-electron chi connectivity index (χ1n) is 10.8. The van der Waals surface area contributed by atoms with Crippen LogP contribution in [0.3, 0.4) is 0 Å². The molecule has 12 heteroatoms. The standard InChI is InChI=1S/C21H25N9O2S/c1-3-19-27-18(29-32-19)10-23-20(31)16-12-33-21(26-16)28-17-9-15(24-13(2)25-17)14-5-4-7-30(11-14)8-6-22/h9,12,14H,3-5,7-8,10-11H2,1-2H3,(H,23,31)(H,24,25,26,28). The SMILES string of the molecule is CCc1nc(CNC(=O)c2csc(Nc3cc(C4CCCN(CC#N)C4)nc(C)n3)n2)no1. The number of hydrogen-bond acceptors (Lipinski definition) is 11. The van der Waals surface area contributed by atoms with Crippen molar-refractivity contribution >= 4 is 28.2 Å². The van der Waals surface area contributed by atoms with Crippen LogP contribution in [0, 0.1) is 18.3 Å². The molecule has 1 fully saturated rings. The van der Waals surface area contributed by atoms with Crippen molar-refractivity contribution in [3.8, 4) is 6.07 Å². The van der Waals surface area contributed by atoms with Crippen LogP contribution >= 0.6 is 11.3 Å². The largest absolute Gasteiger partial charge is 0.343 e. The highest BCUT2D eigenvalue weighted by Crippen LogP contribution is 2.28. The van der Waals surface area contributed by atoms with Crippen molar-refractivity contribution in [3.63, 3.8) is 0 Å². The quantitative estimate of drug-likeness (QED) is 0.474. The summed E-state index contributed by atoms with van der Waals surface area (Å²) in [6.45, 7) is 6.12. The number of aryl methyl sites for hydroxylation is 2. The number of nitrogens with one attached hydrogen (secondary N) is 2. The molecule has 0 spiro atoms. The van der Waals surface area contributed by atoms with Crippen molar-refractivity contribution in [1.29, 1.82) is 5.26 Å². The van der Waals surface area contributed by atoms with Crippen LogP contribution in [-0.2, 0) is 13.0 Å². The van der Waals surface area contributed by atoms with Crippen LogP contribution in [0.5, 0.6) is 0 Å². The van der Waals surface area contributed by atoms with Gasteiger partial charge in [-0.15, -0.1) is 11.3 Å². The van der Waals surface area contributed by atoms with Crippen molar-refractivity contribution in [3.05, 3.63) is 40.4 Å². The zero-order valence-electron chi connectivity index (χ0n) is 18.5. The predicted molar refractivity (Wildman–Crippen MR) is 121 cm³/mol. The van der Waals surface area contributed by atoms with Gasteiger partial charge in [0.1, 0.15) is 17.3 Å². The minimum atomic E-state index is -0.318. The van der Waals surface area contributed by atoms with Crippen LogP contribution in [0.4, 0.5) is 10.9 Å². The Morgan fingerprint density at radius 3 is 3.03 bits per heavy atom. The van der Waals surface area contributed by atoms with Crippen molar-refractivity contribution in [2.45, 2.75) is 45.6 Å². The summed E-state index contributed by atoms with van der Waals surface area (Å²) >= 11 is 1.32. The number of rotatable bonds is 8. The summed E-state index contributed by atoms with van der Waals surface area (Å²) in [5.41, 5.74) is 1.25. The highest BCUT2D eigenvalue weighted by Gasteiger charge is 2.23. The number of nitriles is 1. The molecular weight excluding hydrogens is 442 g/mol. The molecule has 0 saturated carbocycles. The first-order chi connectivity index (χ1) is 16.0. The van der Waals surface area contributed by atoms with E-state index in [1.54, 1.807) is 5.38 Å². The Hall–Kier alpha value is -3.43. The summed E-state index contributed by atoms with van der Waals surface area (Å²) in [5.74, 6) is 2.19. The Labute approximate surface area is 195 Å². The Bertz CT molecular complexity index is 1150. The number of piperidine rings is 1. The fourth-order valence-electron chi connectivity index (χ4n) is 3.70. The van der Waals surface area contributed by atoms with Crippen LogP contribution < -0.4 is 10.6 Å². The third kappa shape index (κ3) is 5.88. The minimum Gasteiger partial charge on any atom is -0.343 e.